The van der Waals surface area contributed by atoms with E-state index in [1.54, 1.807) is 0 Å². The standard InChI is InChI=1S/C10H13NO/c1-8(12)9-4-2-3-5-10(9)11-6-7-11/h2-5,8,12H,6-7H2,1H3. The van der Waals surface area contributed by atoms with E-state index in [2.05, 4.69) is 11.0 Å². The lowest BCUT2D eigenvalue weighted by Gasteiger charge is -2.12. The van der Waals surface area contributed by atoms with Crippen molar-refractivity contribution in [3.05, 3.63) is 29.8 Å². The zero-order chi connectivity index (χ0) is 8.55. The molecule has 0 spiro atoms. The minimum Gasteiger partial charge on any atom is -0.389 e. The van der Waals surface area contributed by atoms with Gasteiger partial charge in [0.2, 0.25) is 0 Å². The molecule has 1 aromatic carbocycles. The van der Waals surface area contributed by atoms with E-state index in [4.69, 9.17) is 0 Å². The summed E-state index contributed by atoms with van der Waals surface area (Å²) >= 11 is 0. The van der Waals surface area contributed by atoms with Gasteiger partial charge >= 0.3 is 0 Å². The van der Waals surface area contributed by atoms with Crippen LogP contribution in [0.15, 0.2) is 24.3 Å². The molecule has 1 N–H and O–H groups in total. The third-order valence-electron chi connectivity index (χ3n) is 2.17. The van der Waals surface area contributed by atoms with Crippen molar-refractivity contribution in [3.8, 4) is 0 Å². The number of aliphatic hydroxyl groups is 1. The molecule has 0 bridgehead atoms. The second-order valence-electron chi connectivity index (χ2n) is 3.22. The summed E-state index contributed by atoms with van der Waals surface area (Å²) in [6.07, 6.45) is -0.359. The fraction of sp³-hybridized carbons (Fsp3) is 0.400. The Morgan fingerprint density at radius 2 is 2.00 bits per heavy atom. The van der Waals surface area contributed by atoms with Crippen LogP contribution < -0.4 is 4.90 Å². The van der Waals surface area contributed by atoms with Crippen molar-refractivity contribution < 1.29 is 5.11 Å². The van der Waals surface area contributed by atoms with E-state index in [1.807, 2.05) is 25.1 Å². The Balaban J connectivity index is 2.36. The van der Waals surface area contributed by atoms with Crippen molar-refractivity contribution in [2.45, 2.75) is 13.0 Å². The topological polar surface area (TPSA) is 23.2 Å². The second-order valence-corrected chi connectivity index (χ2v) is 3.22. The van der Waals surface area contributed by atoms with Crippen molar-refractivity contribution in [2.75, 3.05) is 18.0 Å². The van der Waals surface area contributed by atoms with Gasteiger partial charge in [0, 0.05) is 24.3 Å². The summed E-state index contributed by atoms with van der Waals surface area (Å²) < 4.78 is 0. The fourth-order valence-corrected chi connectivity index (χ4v) is 1.42. The van der Waals surface area contributed by atoms with E-state index in [0.29, 0.717) is 0 Å². The van der Waals surface area contributed by atoms with Crippen LogP contribution in [0.5, 0.6) is 0 Å². The highest BCUT2D eigenvalue weighted by Crippen LogP contribution is 2.29. The molecule has 0 amide bonds. The molecular formula is C10H13NO. The highest BCUT2D eigenvalue weighted by molar-refractivity contribution is 5.58. The van der Waals surface area contributed by atoms with Crippen LogP contribution in [0.4, 0.5) is 5.69 Å². The molecule has 1 atom stereocenters. The number of aliphatic hydroxyl groups excluding tert-OH is 1. The molecule has 1 aromatic rings. The largest absolute Gasteiger partial charge is 0.389 e. The summed E-state index contributed by atoms with van der Waals surface area (Å²) in [5, 5.41) is 9.45. The number of anilines is 1. The Bertz CT molecular complexity index is 258. The van der Waals surface area contributed by atoms with E-state index in [9.17, 15) is 5.11 Å². The second kappa shape index (κ2) is 2.79. The van der Waals surface area contributed by atoms with Crippen LogP contribution in [0.3, 0.4) is 0 Å². The van der Waals surface area contributed by atoms with Gasteiger partial charge in [0.05, 0.1) is 6.10 Å². The fourth-order valence-electron chi connectivity index (χ4n) is 1.42. The molecule has 0 saturated carbocycles. The van der Waals surface area contributed by atoms with Gasteiger partial charge in [-0.15, -0.1) is 0 Å². The Morgan fingerprint density at radius 3 is 2.58 bits per heavy atom. The van der Waals surface area contributed by atoms with Crippen LogP contribution in [-0.2, 0) is 0 Å². The van der Waals surface area contributed by atoms with Crippen molar-refractivity contribution >= 4 is 5.69 Å². The SMILES string of the molecule is CC(O)c1ccccc1N1CC1. The molecule has 12 heavy (non-hydrogen) atoms. The Labute approximate surface area is 72.4 Å². The van der Waals surface area contributed by atoms with Gasteiger partial charge in [-0.2, -0.15) is 0 Å². The molecule has 1 unspecified atom stereocenters. The zero-order valence-corrected chi connectivity index (χ0v) is 7.20. The predicted octanol–water partition coefficient (Wildman–Crippen LogP) is 1.56. The average Bonchev–Trinajstić information content (AvgIpc) is 2.87. The number of rotatable bonds is 2. The van der Waals surface area contributed by atoms with E-state index in [0.717, 1.165) is 18.7 Å². The van der Waals surface area contributed by atoms with Crippen molar-refractivity contribution in [1.29, 1.82) is 0 Å². The molecule has 64 valence electrons. The molecule has 2 nitrogen and oxygen atoms in total. The van der Waals surface area contributed by atoms with E-state index < -0.39 is 0 Å². The lowest BCUT2D eigenvalue weighted by Crippen LogP contribution is -1.99. The Kier molecular flexibility index (Phi) is 1.77. The number of para-hydroxylation sites is 1. The molecule has 1 aliphatic rings. The number of nitrogens with zero attached hydrogens (tertiary/aromatic N) is 1. The Morgan fingerprint density at radius 1 is 1.33 bits per heavy atom. The summed E-state index contributed by atoms with van der Waals surface area (Å²) in [4.78, 5) is 2.25. The van der Waals surface area contributed by atoms with Crippen LogP contribution in [0, 0.1) is 0 Å². The van der Waals surface area contributed by atoms with Gasteiger partial charge in [0.1, 0.15) is 0 Å². The number of hydrogen-bond donors (Lipinski definition) is 1. The van der Waals surface area contributed by atoms with Gasteiger partial charge in [-0.3, -0.25) is 0 Å². The summed E-state index contributed by atoms with van der Waals surface area (Å²) in [6.45, 7) is 4.07. The maximum absolute atomic E-state index is 9.45. The Hall–Kier alpha value is -1.02. The van der Waals surface area contributed by atoms with Gasteiger partial charge in [0.25, 0.3) is 0 Å². The minimum absolute atomic E-state index is 0.359. The molecule has 2 heteroatoms. The third-order valence-corrected chi connectivity index (χ3v) is 2.17. The maximum Gasteiger partial charge on any atom is 0.0781 e. The van der Waals surface area contributed by atoms with Crippen molar-refractivity contribution in [3.63, 3.8) is 0 Å². The monoisotopic (exact) mass is 163 g/mol. The molecule has 0 aromatic heterocycles. The van der Waals surface area contributed by atoms with Gasteiger partial charge in [-0.05, 0) is 13.0 Å². The van der Waals surface area contributed by atoms with Gasteiger partial charge in [-0.1, -0.05) is 18.2 Å². The third kappa shape index (κ3) is 1.30. The normalized spacial score (nSPS) is 17.7. The first-order chi connectivity index (χ1) is 5.79. The molecule has 1 heterocycles. The summed E-state index contributed by atoms with van der Waals surface area (Å²) in [6, 6.07) is 8.03. The smallest absolute Gasteiger partial charge is 0.0781 e. The van der Waals surface area contributed by atoms with Gasteiger partial charge in [0.15, 0.2) is 0 Å². The highest BCUT2D eigenvalue weighted by atomic mass is 16.3. The quantitative estimate of drug-likeness (QED) is 0.669. The molecule has 1 fully saturated rings. The summed E-state index contributed by atoms with van der Waals surface area (Å²) in [7, 11) is 0. The van der Waals surface area contributed by atoms with E-state index in [-0.39, 0.29) is 6.10 Å². The van der Waals surface area contributed by atoms with E-state index in [1.165, 1.54) is 5.69 Å². The van der Waals surface area contributed by atoms with Crippen LogP contribution >= 0.6 is 0 Å². The summed E-state index contributed by atoms with van der Waals surface area (Å²) in [5.74, 6) is 0. The van der Waals surface area contributed by atoms with Crippen LogP contribution in [0.25, 0.3) is 0 Å². The summed E-state index contributed by atoms with van der Waals surface area (Å²) in [5.41, 5.74) is 2.22. The molecular weight excluding hydrogens is 150 g/mol. The first-order valence-electron chi connectivity index (χ1n) is 4.31. The van der Waals surface area contributed by atoms with E-state index >= 15 is 0 Å². The molecule has 1 aliphatic heterocycles. The lowest BCUT2D eigenvalue weighted by molar-refractivity contribution is 0.200. The molecule has 0 radical (unpaired) electrons. The average molecular weight is 163 g/mol. The predicted molar refractivity (Wildman–Crippen MR) is 49.3 cm³/mol. The zero-order valence-electron chi connectivity index (χ0n) is 7.20. The molecule has 2 rings (SSSR count). The van der Waals surface area contributed by atoms with Crippen LogP contribution in [0.1, 0.15) is 18.6 Å². The highest BCUT2D eigenvalue weighted by Gasteiger charge is 2.21. The minimum atomic E-state index is -0.359. The van der Waals surface area contributed by atoms with Gasteiger partial charge < -0.3 is 10.0 Å². The molecule has 1 saturated heterocycles. The molecule has 0 aliphatic carbocycles. The van der Waals surface area contributed by atoms with Crippen molar-refractivity contribution in [1.82, 2.24) is 0 Å². The number of hydrogen-bond acceptors (Lipinski definition) is 2. The lowest BCUT2D eigenvalue weighted by atomic mass is 10.1. The first kappa shape index (κ1) is 7.62. The van der Waals surface area contributed by atoms with Gasteiger partial charge in [-0.25, -0.2) is 0 Å². The van der Waals surface area contributed by atoms with Crippen molar-refractivity contribution in [2.24, 2.45) is 0 Å². The van der Waals surface area contributed by atoms with Crippen LogP contribution in [-0.4, -0.2) is 18.2 Å². The number of benzene rings is 1. The maximum atomic E-state index is 9.45. The van der Waals surface area contributed by atoms with Crippen LogP contribution in [0.2, 0.25) is 0 Å². The first-order valence-corrected chi connectivity index (χ1v) is 4.31.